The molecule has 2 heterocycles. The van der Waals surface area contributed by atoms with E-state index in [0.29, 0.717) is 6.04 Å². The molecule has 0 spiro atoms. The van der Waals surface area contributed by atoms with E-state index in [4.69, 9.17) is 0 Å². The number of nitrogens with one attached hydrogen (secondary N) is 1. The quantitative estimate of drug-likeness (QED) is 0.912. The van der Waals surface area contributed by atoms with Crippen molar-refractivity contribution in [2.75, 3.05) is 7.05 Å². The van der Waals surface area contributed by atoms with Crippen LogP contribution in [0, 0.1) is 13.8 Å². The Morgan fingerprint density at radius 1 is 1.30 bits per heavy atom. The van der Waals surface area contributed by atoms with Crippen LogP contribution in [0.25, 0.3) is 0 Å². The lowest BCUT2D eigenvalue weighted by Crippen LogP contribution is -2.30. The maximum atomic E-state index is 4.49. The van der Waals surface area contributed by atoms with Crippen LogP contribution in [-0.2, 0) is 19.9 Å². The number of nitrogens with zero attached hydrogens (tertiary/aromatic N) is 3. The maximum absolute atomic E-state index is 4.49. The fraction of sp³-hybridized carbons (Fsp3) is 0.467. The first-order chi connectivity index (χ1) is 9.51. The standard InChI is InChI=1S/C15H21BrN4/c1-10-15(11(2)20(4)19-10)7-14(17-3)6-12-5-13(16)9-18-8-12/h5,8-9,14,17H,6-7H2,1-4H3. The summed E-state index contributed by atoms with van der Waals surface area (Å²) < 4.78 is 2.98. The SMILES string of the molecule is CNC(Cc1cncc(Br)c1)Cc1c(C)nn(C)c1C. The summed E-state index contributed by atoms with van der Waals surface area (Å²) in [5.74, 6) is 0. The average molecular weight is 337 g/mol. The third-order valence-electron chi connectivity index (χ3n) is 3.76. The van der Waals surface area contributed by atoms with Gasteiger partial charge in [-0.2, -0.15) is 5.10 Å². The zero-order valence-corrected chi connectivity index (χ0v) is 14.0. The average Bonchev–Trinajstić information content (AvgIpc) is 2.64. The number of halogens is 1. The topological polar surface area (TPSA) is 42.7 Å². The van der Waals surface area contributed by atoms with Crippen LogP contribution in [0.15, 0.2) is 22.9 Å². The molecule has 5 heteroatoms. The van der Waals surface area contributed by atoms with Crippen LogP contribution in [0.3, 0.4) is 0 Å². The first-order valence-corrected chi connectivity index (χ1v) is 7.56. The molecule has 0 bridgehead atoms. The molecule has 0 fully saturated rings. The van der Waals surface area contributed by atoms with Crippen LogP contribution < -0.4 is 5.32 Å². The molecule has 0 aromatic carbocycles. The lowest BCUT2D eigenvalue weighted by Gasteiger charge is -2.16. The molecule has 0 saturated heterocycles. The van der Waals surface area contributed by atoms with Gasteiger partial charge in [0.25, 0.3) is 0 Å². The van der Waals surface area contributed by atoms with Gasteiger partial charge in [0.2, 0.25) is 0 Å². The first kappa shape index (κ1) is 15.2. The predicted octanol–water partition coefficient (Wildman–Crippen LogP) is 2.57. The number of likely N-dealkylation sites (N-methyl/N-ethyl adjacent to an activating group) is 1. The van der Waals surface area contributed by atoms with Crippen LogP contribution in [0.2, 0.25) is 0 Å². The van der Waals surface area contributed by atoms with Crippen LogP contribution in [0.1, 0.15) is 22.5 Å². The van der Waals surface area contributed by atoms with Crippen molar-refractivity contribution in [3.63, 3.8) is 0 Å². The molecule has 0 radical (unpaired) electrons. The Balaban J connectivity index is 2.13. The van der Waals surface area contributed by atoms with Crippen LogP contribution in [0.4, 0.5) is 0 Å². The molecule has 4 nitrogen and oxygen atoms in total. The molecular formula is C15H21BrN4. The predicted molar refractivity (Wildman–Crippen MR) is 84.9 cm³/mol. The van der Waals surface area contributed by atoms with Gasteiger partial charge < -0.3 is 5.32 Å². The summed E-state index contributed by atoms with van der Waals surface area (Å²) in [5, 5.41) is 7.89. The molecule has 0 aliphatic rings. The van der Waals surface area contributed by atoms with Crippen LogP contribution >= 0.6 is 15.9 Å². The zero-order chi connectivity index (χ0) is 14.7. The number of rotatable bonds is 5. The van der Waals surface area contributed by atoms with E-state index in [1.54, 1.807) is 0 Å². The van der Waals surface area contributed by atoms with Gasteiger partial charge in [0, 0.05) is 35.6 Å². The Bertz CT molecular complexity index is 592. The second kappa shape index (κ2) is 6.50. The Hall–Kier alpha value is -1.20. The summed E-state index contributed by atoms with van der Waals surface area (Å²) in [4.78, 5) is 4.23. The summed E-state index contributed by atoms with van der Waals surface area (Å²) in [6.07, 6.45) is 5.68. The second-order valence-corrected chi connectivity index (χ2v) is 6.09. The fourth-order valence-electron chi connectivity index (χ4n) is 2.49. The fourth-order valence-corrected chi connectivity index (χ4v) is 2.90. The van der Waals surface area contributed by atoms with Crippen molar-refractivity contribution in [1.82, 2.24) is 20.1 Å². The summed E-state index contributed by atoms with van der Waals surface area (Å²) >= 11 is 3.47. The zero-order valence-electron chi connectivity index (χ0n) is 12.4. The van der Waals surface area contributed by atoms with Gasteiger partial charge in [0.15, 0.2) is 0 Å². The van der Waals surface area contributed by atoms with Gasteiger partial charge in [0.05, 0.1) is 5.69 Å². The van der Waals surface area contributed by atoms with Crippen molar-refractivity contribution in [2.24, 2.45) is 7.05 Å². The smallest absolute Gasteiger partial charge is 0.0628 e. The third kappa shape index (κ3) is 3.46. The molecule has 1 unspecified atom stereocenters. The van der Waals surface area contributed by atoms with E-state index in [-0.39, 0.29) is 0 Å². The van der Waals surface area contributed by atoms with Gasteiger partial charge in [-0.1, -0.05) is 0 Å². The minimum Gasteiger partial charge on any atom is -0.316 e. The van der Waals surface area contributed by atoms with E-state index in [0.717, 1.165) is 23.0 Å². The first-order valence-electron chi connectivity index (χ1n) is 6.77. The summed E-state index contributed by atoms with van der Waals surface area (Å²) in [7, 11) is 4.01. The Morgan fingerprint density at radius 3 is 2.60 bits per heavy atom. The lowest BCUT2D eigenvalue weighted by atomic mass is 9.99. The molecule has 0 aliphatic heterocycles. The summed E-state index contributed by atoms with van der Waals surface area (Å²) in [5.41, 5.74) is 4.94. The molecule has 2 aromatic rings. The highest BCUT2D eigenvalue weighted by Crippen LogP contribution is 2.17. The van der Waals surface area contributed by atoms with Crippen LogP contribution in [-0.4, -0.2) is 27.9 Å². The molecular weight excluding hydrogens is 316 g/mol. The molecule has 1 atom stereocenters. The Labute approximate surface area is 128 Å². The van der Waals surface area contributed by atoms with Gasteiger partial charge in [-0.05, 0) is 66.9 Å². The highest BCUT2D eigenvalue weighted by atomic mass is 79.9. The summed E-state index contributed by atoms with van der Waals surface area (Å²) in [6, 6.07) is 2.51. The van der Waals surface area contributed by atoms with Gasteiger partial charge in [0.1, 0.15) is 0 Å². The highest BCUT2D eigenvalue weighted by molar-refractivity contribution is 9.10. The van der Waals surface area contributed by atoms with Gasteiger partial charge >= 0.3 is 0 Å². The van der Waals surface area contributed by atoms with E-state index >= 15 is 0 Å². The molecule has 0 amide bonds. The Kier molecular flexibility index (Phi) is 4.94. The van der Waals surface area contributed by atoms with Crippen LogP contribution in [0.5, 0.6) is 0 Å². The largest absolute Gasteiger partial charge is 0.316 e. The van der Waals surface area contributed by atoms with Crippen molar-refractivity contribution in [3.8, 4) is 0 Å². The number of hydrogen-bond acceptors (Lipinski definition) is 3. The molecule has 2 rings (SSSR count). The Morgan fingerprint density at radius 2 is 2.05 bits per heavy atom. The maximum Gasteiger partial charge on any atom is 0.0628 e. The summed E-state index contributed by atoms with van der Waals surface area (Å²) in [6.45, 7) is 4.21. The van der Waals surface area contributed by atoms with Crippen molar-refractivity contribution >= 4 is 15.9 Å². The molecule has 0 aliphatic carbocycles. The van der Waals surface area contributed by atoms with E-state index in [2.05, 4.69) is 51.2 Å². The van der Waals surface area contributed by atoms with E-state index in [1.165, 1.54) is 16.8 Å². The van der Waals surface area contributed by atoms with E-state index in [1.807, 2.05) is 31.2 Å². The number of hydrogen-bond donors (Lipinski definition) is 1. The van der Waals surface area contributed by atoms with Crippen molar-refractivity contribution in [2.45, 2.75) is 32.7 Å². The minimum absolute atomic E-state index is 0.382. The molecule has 2 aromatic heterocycles. The highest BCUT2D eigenvalue weighted by Gasteiger charge is 2.15. The van der Waals surface area contributed by atoms with Crippen molar-refractivity contribution < 1.29 is 0 Å². The van der Waals surface area contributed by atoms with Crippen molar-refractivity contribution in [3.05, 3.63) is 45.4 Å². The number of aryl methyl sites for hydroxylation is 2. The minimum atomic E-state index is 0.382. The normalized spacial score (nSPS) is 12.7. The third-order valence-corrected chi connectivity index (χ3v) is 4.19. The van der Waals surface area contributed by atoms with Gasteiger partial charge in [-0.15, -0.1) is 0 Å². The molecule has 1 N–H and O–H groups in total. The number of pyridine rings is 1. The monoisotopic (exact) mass is 336 g/mol. The van der Waals surface area contributed by atoms with Crippen molar-refractivity contribution in [1.29, 1.82) is 0 Å². The lowest BCUT2D eigenvalue weighted by molar-refractivity contribution is 0.553. The number of aromatic nitrogens is 3. The molecule has 20 heavy (non-hydrogen) atoms. The van der Waals surface area contributed by atoms with E-state index < -0.39 is 0 Å². The van der Waals surface area contributed by atoms with Gasteiger partial charge in [-0.25, -0.2) is 0 Å². The second-order valence-electron chi connectivity index (χ2n) is 5.18. The molecule has 108 valence electrons. The molecule has 0 saturated carbocycles. The van der Waals surface area contributed by atoms with Gasteiger partial charge in [-0.3, -0.25) is 9.67 Å². The van der Waals surface area contributed by atoms with E-state index in [9.17, 15) is 0 Å².